The summed E-state index contributed by atoms with van der Waals surface area (Å²) < 4.78 is 31.0. The Bertz CT molecular complexity index is 720. The highest BCUT2D eigenvalue weighted by molar-refractivity contribution is 5.94. The summed E-state index contributed by atoms with van der Waals surface area (Å²) in [4.78, 5) is 24.9. The Hall–Kier alpha value is -2.96. The van der Waals surface area contributed by atoms with Gasteiger partial charge in [0.1, 0.15) is 17.4 Å². The number of rotatable bonds is 6. The van der Waals surface area contributed by atoms with E-state index in [4.69, 9.17) is 4.74 Å². The molecule has 0 atom stereocenters. The number of anilines is 1. The lowest BCUT2D eigenvalue weighted by Crippen LogP contribution is -2.37. The summed E-state index contributed by atoms with van der Waals surface area (Å²) in [5.74, 6) is -1.51. The zero-order chi connectivity index (χ0) is 17.5. The standard InChI is InChI=1S/C17H16F2N2O3/c1-21(10-16(22)20-14-7-5-12(18)6-8-14)17(23)11-24-15-4-2-3-13(19)9-15/h2-9H,10-11H2,1H3,(H,20,22). The molecule has 0 aliphatic carbocycles. The summed E-state index contributed by atoms with van der Waals surface area (Å²) >= 11 is 0. The van der Waals surface area contributed by atoms with Crippen molar-refractivity contribution in [3.63, 3.8) is 0 Å². The largest absolute Gasteiger partial charge is 0.484 e. The van der Waals surface area contributed by atoms with Crippen LogP contribution < -0.4 is 10.1 Å². The molecule has 5 nitrogen and oxygen atoms in total. The average Bonchev–Trinajstić information content (AvgIpc) is 2.54. The van der Waals surface area contributed by atoms with E-state index in [0.717, 1.165) is 6.07 Å². The van der Waals surface area contributed by atoms with Gasteiger partial charge >= 0.3 is 0 Å². The second-order valence-electron chi connectivity index (χ2n) is 5.05. The molecule has 24 heavy (non-hydrogen) atoms. The first kappa shape index (κ1) is 17.4. The highest BCUT2D eigenvalue weighted by Crippen LogP contribution is 2.12. The van der Waals surface area contributed by atoms with Gasteiger partial charge in [-0.1, -0.05) is 6.07 Å². The Morgan fingerprint density at radius 1 is 1.08 bits per heavy atom. The lowest BCUT2D eigenvalue weighted by Gasteiger charge is -2.17. The molecule has 2 aromatic carbocycles. The summed E-state index contributed by atoms with van der Waals surface area (Å²) in [6, 6.07) is 10.7. The first-order valence-corrected chi connectivity index (χ1v) is 7.12. The molecule has 0 saturated heterocycles. The molecule has 0 saturated carbocycles. The number of likely N-dealkylation sites (N-methyl/N-ethyl adjacent to an activating group) is 1. The Labute approximate surface area is 137 Å². The molecule has 0 fully saturated rings. The Balaban J connectivity index is 1.80. The van der Waals surface area contributed by atoms with E-state index in [1.54, 1.807) is 0 Å². The van der Waals surface area contributed by atoms with Gasteiger partial charge in [0.15, 0.2) is 6.61 Å². The summed E-state index contributed by atoms with van der Waals surface area (Å²) in [7, 11) is 1.45. The number of hydrogen-bond acceptors (Lipinski definition) is 3. The molecule has 2 rings (SSSR count). The molecule has 7 heteroatoms. The van der Waals surface area contributed by atoms with Gasteiger partial charge < -0.3 is 15.0 Å². The zero-order valence-electron chi connectivity index (χ0n) is 13.0. The van der Waals surface area contributed by atoms with E-state index in [1.165, 1.54) is 54.4 Å². The van der Waals surface area contributed by atoms with Crippen molar-refractivity contribution in [3.8, 4) is 5.75 Å². The van der Waals surface area contributed by atoms with Gasteiger partial charge in [-0.05, 0) is 36.4 Å². The van der Waals surface area contributed by atoms with E-state index in [9.17, 15) is 18.4 Å². The van der Waals surface area contributed by atoms with Gasteiger partial charge in [-0.3, -0.25) is 9.59 Å². The van der Waals surface area contributed by atoms with E-state index in [-0.39, 0.29) is 18.9 Å². The highest BCUT2D eigenvalue weighted by atomic mass is 19.1. The first-order valence-electron chi connectivity index (χ1n) is 7.12. The van der Waals surface area contributed by atoms with Gasteiger partial charge in [-0.15, -0.1) is 0 Å². The van der Waals surface area contributed by atoms with Gasteiger partial charge in [0.05, 0.1) is 6.54 Å². The van der Waals surface area contributed by atoms with Crippen LogP contribution in [0, 0.1) is 11.6 Å². The highest BCUT2D eigenvalue weighted by Gasteiger charge is 2.14. The van der Waals surface area contributed by atoms with Crippen molar-refractivity contribution in [1.29, 1.82) is 0 Å². The number of nitrogens with zero attached hydrogens (tertiary/aromatic N) is 1. The Morgan fingerprint density at radius 2 is 1.79 bits per heavy atom. The summed E-state index contributed by atoms with van der Waals surface area (Å²) in [6.45, 7) is -0.507. The molecule has 0 radical (unpaired) electrons. The van der Waals surface area contributed by atoms with Crippen LogP contribution in [0.5, 0.6) is 5.75 Å². The van der Waals surface area contributed by atoms with Gasteiger partial charge in [0, 0.05) is 18.8 Å². The zero-order valence-corrected chi connectivity index (χ0v) is 13.0. The maximum Gasteiger partial charge on any atom is 0.260 e. The third-order valence-corrected chi connectivity index (χ3v) is 3.09. The summed E-state index contributed by atoms with van der Waals surface area (Å²) in [5, 5.41) is 2.55. The predicted molar refractivity (Wildman–Crippen MR) is 84.6 cm³/mol. The first-order chi connectivity index (χ1) is 11.4. The number of nitrogens with one attached hydrogen (secondary N) is 1. The minimum absolute atomic E-state index is 0.192. The van der Waals surface area contributed by atoms with Crippen LogP contribution in [0.25, 0.3) is 0 Å². The molecule has 0 spiro atoms. The molecular weight excluding hydrogens is 318 g/mol. The maximum atomic E-state index is 13.0. The van der Waals surface area contributed by atoms with E-state index in [2.05, 4.69) is 5.32 Å². The number of carbonyl (C=O) groups excluding carboxylic acids is 2. The van der Waals surface area contributed by atoms with Crippen molar-refractivity contribution in [3.05, 3.63) is 60.2 Å². The minimum Gasteiger partial charge on any atom is -0.484 e. The van der Waals surface area contributed by atoms with Crippen molar-refractivity contribution >= 4 is 17.5 Å². The number of carbonyl (C=O) groups is 2. The second-order valence-corrected chi connectivity index (χ2v) is 5.05. The third-order valence-electron chi connectivity index (χ3n) is 3.09. The molecule has 0 aromatic heterocycles. The molecule has 0 aliphatic heterocycles. The second kappa shape index (κ2) is 8.05. The Morgan fingerprint density at radius 3 is 2.46 bits per heavy atom. The van der Waals surface area contributed by atoms with Crippen molar-refractivity contribution in [2.45, 2.75) is 0 Å². The average molecular weight is 334 g/mol. The molecule has 126 valence electrons. The molecular formula is C17H16F2N2O3. The molecule has 2 amide bonds. The molecule has 0 heterocycles. The quantitative estimate of drug-likeness (QED) is 0.883. The topological polar surface area (TPSA) is 58.6 Å². The lowest BCUT2D eigenvalue weighted by atomic mass is 10.3. The third kappa shape index (κ3) is 5.35. The van der Waals surface area contributed by atoms with Gasteiger partial charge in [0.2, 0.25) is 5.91 Å². The van der Waals surface area contributed by atoms with Gasteiger partial charge in [0.25, 0.3) is 5.91 Å². The van der Waals surface area contributed by atoms with E-state index >= 15 is 0 Å². The summed E-state index contributed by atoms with van der Waals surface area (Å²) in [5.41, 5.74) is 0.429. The fraction of sp³-hybridized carbons (Fsp3) is 0.176. The van der Waals surface area contributed by atoms with Crippen LogP contribution in [0.1, 0.15) is 0 Å². The van der Waals surface area contributed by atoms with E-state index in [0.29, 0.717) is 5.69 Å². The monoisotopic (exact) mass is 334 g/mol. The van der Waals surface area contributed by atoms with Gasteiger partial charge in [-0.2, -0.15) is 0 Å². The molecule has 0 unspecified atom stereocenters. The van der Waals surface area contributed by atoms with Crippen molar-refractivity contribution in [2.24, 2.45) is 0 Å². The number of ether oxygens (including phenoxy) is 1. The van der Waals surface area contributed by atoms with Crippen LogP contribution in [0.15, 0.2) is 48.5 Å². The molecule has 0 bridgehead atoms. The number of benzene rings is 2. The van der Waals surface area contributed by atoms with E-state index in [1.807, 2.05) is 0 Å². The van der Waals surface area contributed by atoms with Crippen LogP contribution in [0.4, 0.5) is 14.5 Å². The van der Waals surface area contributed by atoms with Crippen LogP contribution in [-0.2, 0) is 9.59 Å². The molecule has 1 N–H and O–H groups in total. The van der Waals surface area contributed by atoms with Crippen LogP contribution >= 0.6 is 0 Å². The van der Waals surface area contributed by atoms with E-state index < -0.39 is 23.4 Å². The molecule has 0 aliphatic rings. The van der Waals surface area contributed by atoms with Crippen LogP contribution in [-0.4, -0.2) is 36.9 Å². The van der Waals surface area contributed by atoms with Gasteiger partial charge in [-0.25, -0.2) is 8.78 Å². The number of halogens is 2. The summed E-state index contributed by atoms with van der Waals surface area (Å²) in [6.07, 6.45) is 0. The predicted octanol–water partition coefficient (Wildman–Crippen LogP) is 2.44. The van der Waals surface area contributed by atoms with Crippen molar-refractivity contribution < 1.29 is 23.1 Å². The number of amides is 2. The maximum absolute atomic E-state index is 13.0. The van der Waals surface area contributed by atoms with Crippen LogP contribution in [0.3, 0.4) is 0 Å². The number of hydrogen-bond donors (Lipinski definition) is 1. The lowest BCUT2D eigenvalue weighted by molar-refractivity contribution is -0.135. The smallest absolute Gasteiger partial charge is 0.260 e. The molecule has 2 aromatic rings. The SMILES string of the molecule is CN(CC(=O)Nc1ccc(F)cc1)C(=O)COc1cccc(F)c1. The normalized spacial score (nSPS) is 10.1. The minimum atomic E-state index is -0.466. The van der Waals surface area contributed by atoms with Crippen LogP contribution in [0.2, 0.25) is 0 Å². The fourth-order valence-corrected chi connectivity index (χ4v) is 1.85. The van der Waals surface area contributed by atoms with Crippen molar-refractivity contribution in [1.82, 2.24) is 4.90 Å². The van der Waals surface area contributed by atoms with Crippen molar-refractivity contribution in [2.75, 3.05) is 25.5 Å². The Kier molecular flexibility index (Phi) is 5.83. The fourth-order valence-electron chi connectivity index (χ4n) is 1.85.